The number of nitrogens with one attached hydrogen (secondary N) is 1. The van der Waals surface area contributed by atoms with Crippen LogP contribution in [0.5, 0.6) is 0 Å². The number of esters is 1. The minimum Gasteiger partial charge on any atom is -0.465 e. The average molecular weight is 208 g/mol. The largest absolute Gasteiger partial charge is 0.465 e. The molecule has 1 aromatic carbocycles. The van der Waals surface area contributed by atoms with Crippen LogP contribution in [-0.4, -0.2) is 24.6 Å². The zero-order valence-electron chi connectivity index (χ0n) is 8.52. The van der Waals surface area contributed by atoms with E-state index in [1.54, 1.807) is 23.7 Å². The van der Waals surface area contributed by atoms with Gasteiger partial charge in [-0.05, 0) is 24.6 Å². The first kappa shape index (κ1) is 11.2. The number of benzene rings is 1. The molecule has 1 aromatic rings. The number of carbonyl (C=O) groups excluding carboxylic acids is 1. The van der Waals surface area contributed by atoms with E-state index in [2.05, 4.69) is 9.73 Å². The Bertz CT molecular complexity index is 388. The number of hydroxylamine groups is 1. The maximum atomic E-state index is 11.2. The normalized spacial score (nSPS) is 10.3. The van der Waals surface area contributed by atoms with E-state index in [9.17, 15) is 4.79 Å². The second-order valence-electron chi connectivity index (χ2n) is 2.88. The van der Waals surface area contributed by atoms with Gasteiger partial charge in [0.1, 0.15) is 6.34 Å². The van der Waals surface area contributed by atoms with Crippen molar-refractivity contribution in [1.82, 2.24) is 5.48 Å². The molecule has 0 aliphatic heterocycles. The SMILES string of the molecule is COC(=O)c1ccc(C)c(N=CNO)c1. The fraction of sp³-hybridized carbons (Fsp3) is 0.200. The summed E-state index contributed by atoms with van der Waals surface area (Å²) in [6.45, 7) is 1.85. The van der Waals surface area contributed by atoms with E-state index in [-0.39, 0.29) is 0 Å². The molecule has 0 saturated heterocycles. The standard InChI is InChI=1S/C10H12N2O3/c1-7-3-4-8(10(13)15-2)5-9(7)11-6-12-14/h3-6,14H,1-2H3,(H,11,12). The highest BCUT2D eigenvalue weighted by Crippen LogP contribution is 2.19. The van der Waals surface area contributed by atoms with Crippen molar-refractivity contribution in [1.29, 1.82) is 0 Å². The van der Waals surface area contributed by atoms with Gasteiger partial charge in [0.05, 0.1) is 18.4 Å². The fourth-order valence-electron chi connectivity index (χ4n) is 1.09. The van der Waals surface area contributed by atoms with Gasteiger partial charge in [0.25, 0.3) is 0 Å². The Kier molecular flexibility index (Phi) is 3.82. The van der Waals surface area contributed by atoms with Gasteiger partial charge in [-0.1, -0.05) is 6.07 Å². The van der Waals surface area contributed by atoms with Crippen LogP contribution in [0.25, 0.3) is 0 Å². The molecule has 0 atom stereocenters. The summed E-state index contributed by atoms with van der Waals surface area (Å²) < 4.78 is 4.58. The van der Waals surface area contributed by atoms with E-state index in [0.717, 1.165) is 11.9 Å². The summed E-state index contributed by atoms with van der Waals surface area (Å²) in [4.78, 5) is 15.1. The molecule has 0 spiro atoms. The summed E-state index contributed by atoms with van der Waals surface area (Å²) in [5, 5.41) is 8.35. The van der Waals surface area contributed by atoms with Crippen molar-refractivity contribution in [3.05, 3.63) is 29.3 Å². The maximum absolute atomic E-state index is 11.2. The minimum atomic E-state index is -0.414. The number of rotatable bonds is 3. The van der Waals surface area contributed by atoms with Gasteiger partial charge in [0.2, 0.25) is 0 Å². The summed E-state index contributed by atoms with van der Waals surface area (Å²) >= 11 is 0. The Hall–Kier alpha value is -1.88. The molecule has 80 valence electrons. The van der Waals surface area contributed by atoms with E-state index in [4.69, 9.17) is 5.21 Å². The number of carbonyl (C=O) groups is 1. The molecule has 5 heteroatoms. The number of aryl methyl sites for hydroxylation is 1. The summed E-state index contributed by atoms with van der Waals surface area (Å²) in [6.07, 6.45) is 1.13. The van der Waals surface area contributed by atoms with Crippen molar-refractivity contribution in [2.45, 2.75) is 6.92 Å². The Morgan fingerprint density at radius 1 is 1.60 bits per heavy atom. The molecule has 0 amide bonds. The number of ether oxygens (including phenoxy) is 1. The van der Waals surface area contributed by atoms with E-state index in [0.29, 0.717) is 11.3 Å². The third kappa shape index (κ3) is 2.78. The lowest BCUT2D eigenvalue weighted by atomic mass is 10.1. The van der Waals surface area contributed by atoms with Crippen molar-refractivity contribution in [2.24, 2.45) is 4.99 Å². The zero-order chi connectivity index (χ0) is 11.3. The van der Waals surface area contributed by atoms with Crippen molar-refractivity contribution < 1.29 is 14.7 Å². The Morgan fingerprint density at radius 3 is 2.93 bits per heavy atom. The van der Waals surface area contributed by atoms with Crippen LogP contribution >= 0.6 is 0 Å². The Morgan fingerprint density at radius 2 is 2.33 bits per heavy atom. The summed E-state index contributed by atoms with van der Waals surface area (Å²) in [5.74, 6) is -0.414. The molecule has 5 nitrogen and oxygen atoms in total. The second-order valence-corrected chi connectivity index (χ2v) is 2.88. The Labute approximate surface area is 87.4 Å². The first-order chi connectivity index (χ1) is 7.19. The lowest BCUT2D eigenvalue weighted by Crippen LogP contribution is -2.02. The van der Waals surface area contributed by atoms with Crippen LogP contribution in [0.15, 0.2) is 23.2 Å². The quantitative estimate of drug-likeness (QED) is 0.341. The van der Waals surface area contributed by atoms with Crippen LogP contribution in [0.4, 0.5) is 5.69 Å². The molecule has 0 radical (unpaired) electrons. The predicted molar refractivity (Wildman–Crippen MR) is 55.6 cm³/mol. The van der Waals surface area contributed by atoms with Gasteiger partial charge >= 0.3 is 5.97 Å². The molecular weight excluding hydrogens is 196 g/mol. The highest BCUT2D eigenvalue weighted by molar-refractivity contribution is 5.90. The van der Waals surface area contributed by atoms with Crippen LogP contribution in [0, 0.1) is 6.92 Å². The van der Waals surface area contributed by atoms with Crippen LogP contribution in [0.3, 0.4) is 0 Å². The first-order valence-corrected chi connectivity index (χ1v) is 4.30. The maximum Gasteiger partial charge on any atom is 0.337 e. The molecule has 0 aliphatic rings. The number of aliphatic imine (C=N–C) groups is 1. The van der Waals surface area contributed by atoms with Crippen LogP contribution in [0.2, 0.25) is 0 Å². The van der Waals surface area contributed by atoms with Gasteiger partial charge in [-0.2, -0.15) is 0 Å². The molecular formula is C10H12N2O3. The molecule has 0 fully saturated rings. The number of hydrogen-bond acceptors (Lipinski definition) is 4. The molecule has 2 N–H and O–H groups in total. The van der Waals surface area contributed by atoms with Crippen molar-refractivity contribution in [3.8, 4) is 0 Å². The molecule has 0 bridgehead atoms. The molecule has 15 heavy (non-hydrogen) atoms. The fourth-order valence-corrected chi connectivity index (χ4v) is 1.09. The third-order valence-electron chi connectivity index (χ3n) is 1.89. The van der Waals surface area contributed by atoms with Gasteiger partial charge in [0, 0.05) is 0 Å². The van der Waals surface area contributed by atoms with E-state index in [1.165, 1.54) is 7.11 Å². The molecule has 0 saturated carbocycles. The monoisotopic (exact) mass is 208 g/mol. The summed E-state index contributed by atoms with van der Waals surface area (Å²) in [5.41, 5.74) is 3.72. The molecule has 0 unspecified atom stereocenters. The van der Waals surface area contributed by atoms with Gasteiger partial charge < -0.3 is 4.74 Å². The second kappa shape index (κ2) is 5.11. The Balaban J connectivity index is 3.05. The lowest BCUT2D eigenvalue weighted by molar-refractivity contribution is 0.0601. The lowest BCUT2D eigenvalue weighted by Gasteiger charge is -2.03. The summed E-state index contributed by atoms with van der Waals surface area (Å²) in [6, 6.07) is 5.01. The van der Waals surface area contributed by atoms with Crippen molar-refractivity contribution in [3.63, 3.8) is 0 Å². The number of hydrogen-bond donors (Lipinski definition) is 2. The topological polar surface area (TPSA) is 70.9 Å². The van der Waals surface area contributed by atoms with Gasteiger partial charge in [-0.3, -0.25) is 10.7 Å². The highest BCUT2D eigenvalue weighted by Gasteiger charge is 2.06. The minimum absolute atomic E-state index is 0.414. The van der Waals surface area contributed by atoms with Gasteiger partial charge in [-0.15, -0.1) is 0 Å². The van der Waals surface area contributed by atoms with Crippen LogP contribution < -0.4 is 5.48 Å². The zero-order valence-corrected chi connectivity index (χ0v) is 8.52. The average Bonchev–Trinajstić information content (AvgIpc) is 2.27. The first-order valence-electron chi connectivity index (χ1n) is 4.30. The van der Waals surface area contributed by atoms with Crippen molar-refractivity contribution in [2.75, 3.05) is 7.11 Å². The van der Waals surface area contributed by atoms with Gasteiger partial charge in [0.15, 0.2) is 0 Å². The molecule has 1 rings (SSSR count). The third-order valence-corrected chi connectivity index (χ3v) is 1.89. The molecule has 0 heterocycles. The molecule has 0 aromatic heterocycles. The smallest absolute Gasteiger partial charge is 0.337 e. The molecule has 0 aliphatic carbocycles. The van der Waals surface area contributed by atoms with Crippen molar-refractivity contribution >= 4 is 18.0 Å². The van der Waals surface area contributed by atoms with Gasteiger partial charge in [-0.25, -0.2) is 9.79 Å². The number of methoxy groups -OCH3 is 1. The van der Waals surface area contributed by atoms with E-state index in [1.807, 2.05) is 6.92 Å². The number of nitrogens with zero attached hydrogens (tertiary/aromatic N) is 1. The van der Waals surface area contributed by atoms with Crippen LogP contribution in [0.1, 0.15) is 15.9 Å². The predicted octanol–water partition coefficient (Wildman–Crippen LogP) is 1.42. The van der Waals surface area contributed by atoms with E-state index >= 15 is 0 Å². The highest BCUT2D eigenvalue weighted by atomic mass is 16.5. The van der Waals surface area contributed by atoms with Crippen LogP contribution in [-0.2, 0) is 4.74 Å². The van der Waals surface area contributed by atoms with E-state index < -0.39 is 5.97 Å². The summed E-state index contributed by atoms with van der Waals surface area (Å²) in [7, 11) is 1.32.